The maximum absolute atomic E-state index is 12.9. The quantitative estimate of drug-likeness (QED) is 0.625. The van der Waals surface area contributed by atoms with E-state index in [0.717, 1.165) is 12.8 Å². The highest BCUT2D eigenvalue weighted by Gasteiger charge is 2.32. The van der Waals surface area contributed by atoms with Crippen LogP contribution in [0.3, 0.4) is 0 Å². The van der Waals surface area contributed by atoms with Gasteiger partial charge in [0.05, 0.1) is 0 Å². The summed E-state index contributed by atoms with van der Waals surface area (Å²) >= 11 is 0. The van der Waals surface area contributed by atoms with E-state index in [-0.39, 0.29) is 17.4 Å². The molecular weight excluding hydrogens is 157 g/mol. The van der Waals surface area contributed by atoms with Gasteiger partial charge in [0, 0.05) is 12.1 Å². The number of Topliss-reactive ketones (excluding diaryl/α,β-unsaturated/α-hetero) is 1. The molecule has 0 unspecified atom stereocenters. The highest BCUT2D eigenvalue weighted by atomic mass is 19.1. The second-order valence-corrected chi connectivity index (χ2v) is 2.97. The van der Waals surface area contributed by atoms with Crippen LogP contribution in [0.1, 0.15) is 23.3 Å². The number of halogens is 1. The molecule has 0 amide bonds. The van der Waals surface area contributed by atoms with E-state index in [0.29, 0.717) is 0 Å². The van der Waals surface area contributed by atoms with Crippen LogP contribution in [0.5, 0.6) is 0 Å². The van der Waals surface area contributed by atoms with E-state index < -0.39 is 5.82 Å². The van der Waals surface area contributed by atoms with E-state index in [9.17, 15) is 9.18 Å². The summed E-state index contributed by atoms with van der Waals surface area (Å²) in [6.45, 7) is 0. The number of pyridine rings is 1. The Hall–Kier alpha value is -1.25. The minimum Gasteiger partial charge on any atom is -0.292 e. The van der Waals surface area contributed by atoms with E-state index in [1.807, 2.05) is 0 Å². The van der Waals surface area contributed by atoms with E-state index in [4.69, 9.17) is 0 Å². The van der Waals surface area contributed by atoms with Gasteiger partial charge in [0.15, 0.2) is 11.6 Å². The smallest absolute Gasteiger partial charge is 0.187 e. The standard InChI is InChI=1S/C9H8FNO/c10-7-2-1-5-11-8(7)9(12)6-3-4-6/h1-2,5-6H,3-4H2. The van der Waals surface area contributed by atoms with Gasteiger partial charge in [0.1, 0.15) is 5.69 Å². The van der Waals surface area contributed by atoms with Gasteiger partial charge in [0.25, 0.3) is 0 Å². The van der Waals surface area contributed by atoms with E-state index in [2.05, 4.69) is 4.98 Å². The molecule has 0 saturated heterocycles. The third kappa shape index (κ3) is 1.22. The van der Waals surface area contributed by atoms with Crippen molar-refractivity contribution < 1.29 is 9.18 Å². The number of hydrogen-bond donors (Lipinski definition) is 0. The predicted molar refractivity (Wildman–Crippen MR) is 41.2 cm³/mol. The molecule has 3 heteroatoms. The van der Waals surface area contributed by atoms with Crippen LogP contribution in [0.25, 0.3) is 0 Å². The molecule has 12 heavy (non-hydrogen) atoms. The number of aromatic nitrogens is 1. The third-order valence-electron chi connectivity index (χ3n) is 1.94. The monoisotopic (exact) mass is 165 g/mol. The first-order chi connectivity index (χ1) is 5.79. The Labute approximate surface area is 69.4 Å². The third-order valence-corrected chi connectivity index (χ3v) is 1.94. The average molecular weight is 165 g/mol. The second kappa shape index (κ2) is 2.66. The first-order valence-electron chi connectivity index (χ1n) is 3.94. The van der Waals surface area contributed by atoms with Crippen molar-refractivity contribution in [2.24, 2.45) is 5.92 Å². The first-order valence-corrected chi connectivity index (χ1v) is 3.94. The Morgan fingerprint density at radius 1 is 1.58 bits per heavy atom. The summed E-state index contributed by atoms with van der Waals surface area (Å²) < 4.78 is 12.9. The Morgan fingerprint density at radius 2 is 2.33 bits per heavy atom. The molecule has 1 aliphatic carbocycles. The predicted octanol–water partition coefficient (Wildman–Crippen LogP) is 1.81. The molecule has 1 fully saturated rings. The van der Waals surface area contributed by atoms with Crippen molar-refractivity contribution in [3.63, 3.8) is 0 Å². The molecule has 2 nitrogen and oxygen atoms in total. The lowest BCUT2D eigenvalue weighted by Gasteiger charge is -1.97. The summed E-state index contributed by atoms with van der Waals surface area (Å²) in [4.78, 5) is 15.0. The molecule has 1 aromatic heterocycles. The zero-order valence-electron chi connectivity index (χ0n) is 6.46. The number of carbonyl (C=O) groups excluding carboxylic acids is 1. The normalized spacial score (nSPS) is 16.1. The molecule has 0 N–H and O–H groups in total. The molecule has 0 bridgehead atoms. The van der Waals surface area contributed by atoms with Gasteiger partial charge in [-0.3, -0.25) is 9.78 Å². The molecule has 0 aromatic carbocycles. The van der Waals surface area contributed by atoms with Gasteiger partial charge in [-0.1, -0.05) is 0 Å². The number of rotatable bonds is 2. The first kappa shape index (κ1) is 7.40. The van der Waals surface area contributed by atoms with Gasteiger partial charge < -0.3 is 0 Å². The number of nitrogens with zero attached hydrogens (tertiary/aromatic N) is 1. The number of ketones is 1. The van der Waals surface area contributed by atoms with Crippen LogP contribution in [-0.4, -0.2) is 10.8 Å². The lowest BCUT2D eigenvalue weighted by Crippen LogP contribution is -2.06. The average Bonchev–Trinajstić information content (AvgIpc) is 2.86. The largest absolute Gasteiger partial charge is 0.292 e. The van der Waals surface area contributed by atoms with Crippen LogP contribution in [0, 0.1) is 11.7 Å². The van der Waals surface area contributed by atoms with Crippen LogP contribution >= 0.6 is 0 Å². The Kier molecular flexibility index (Phi) is 1.64. The summed E-state index contributed by atoms with van der Waals surface area (Å²) in [7, 11) is 0. The Bertz CT molecular complexity index is 320. The highest BCUT2D eigenvalue weighted by molar-refractivity contribution is 5.97. The van der Waals surface area contributed by atoms with Crippen molar-refractivity contribution in [1.29, 1.82) is 0 Å². The van der Waals surface area contributed by atoms with Crippen LogP contribution in [-0.2, 0) is 0 Å². The molecule has 0 spiro atoms. The fourth-order valence-corrected chi connectivity index (χ4v) is 1.11. The molecule has 1 aliphatic rings. The van der Waals surface area contributed by atoms with Crippen molar-refractivity contribution in [2.75, 3.05) is 0 Å². The van der Waals surface area contributed by atoms with E-state index in [1.165, 1.54) is 18.3 Å². The summed E-state index contributed by atoms with van der Waals surface area (Å²) in [5.74, 6) is -0.614. The minimum absolute atomic E-state index is 0.000000000000000222. The van der Waals surface area contributed by atoms with Gasteiger partial charge in [-0.15, -0.1) is 0 Å². The van der Waals surface area contributed by atoms with Crippen molar-refractivity contribution in [3.8, 4) is 0 Å². The molecule has 62 valence electrons. The minimum atomic E-state index is -0.505. The van der Waals surface area contributed by atoms with Crippen LogP contribution in [0.4, 0.5) is 4.39 Å². The topological polar surface area (TPSA) is 30.0 Å². The molecule has 1 saturated carbocycles. The molecule has 0 aliphatic heterocycles. The van der Waals surface area contributed by atoms with Crippen LogP contribution < -0.4 is 0 Å². The summed E-state index contributed by atoms with van der Waals surface area (Å²) in [5, 5.41) is 0. The van der Waals surface area contributed by atoms with E-state index in [1.54, 1.807) is 0 Å². The van der Waals surface area contributed by atoms with Gasteiger partial charge in [-0.2, -0.15) is 0 Å². The lowest BCUT2D eigenvalue weighted by atomic mass is 10.2. The molecule has 1 heterocycles. The molecule has 0 atom stereocenters. The van der Waals surface area contributed by atoms with Gasteiger partial charge in [-0.25, -0.2) is 4.39 Å². The number of hydrogen-bond acceptors (Lipinski definition) is 2. The maximum atomic E-state index is 12.9. The van der Waals surface area contributed by atoms with Gasteiger partial charge >= 0.3 is 0 Å². The van der Waals surface area contributed by atoms with Gasteiger partial charge in [0.2, 0.25) is 0 Å². The fourth-order valence-electron chi connectivity index (χ4n) is 1.11. The lowest BCUT2D eigenvalue weighted by molar-refractivity contribution is 0.0958. The van der Waals surface area contributed by atoms with Crippen LogP contribution in [0.2, 0.25) is 0 Å². The second-order valence-electron chi connectivity index (χ2n) is 2.97. The summed E-state index contributed by atoms with van der Waals surface area (Å²) in [5.41, 5.74) is 0.000000000000000222. The zero-order valence-corrected chi connectivity index (χ0v) is 6.46. The highest BCUT2D eigenvalue weighted by Crippen LogP contribution is 2.32. The zero-order chi connectivity index (χ0) is 8.55. The van der Waals surface area contributed by atoms with Gasteiger partial charge in [-0.05, 0) is 25.0 Å². The molecule has 1 aromatic rings. The number of carbonyl (C=O) groups is 1. The van der Waals surface area contributed by atoms with Crippen LogP contribution in [0.15, 0.2) is 18.3 Å². The Balaban J connectivity index is 2.32. The summed E-state index contributed by atoms with van der Waals surface area (Å²) in [6, 6.07) is 2.75. The van der Waals surface area contributed by atoms with Crippen molar-refractivity contribution in [2.45, 2.75) is 12.8 Å². The van der Waals surface area contributed by atoms with E-state index >= 15 is 0 Å². The molecule has 0 radical (unpaired) electrons. The maximum Gasteiger partial charge on any atom is 0.187 e. The van der Waals surface area contributed by atoms with Crippen molar-refractivity contribution in [3.05, 3.63) is 29.8 Å². The molecule has 2 rings (SSSR count). The van der Waals surface area contributed by atoms with Crippen molar-refractivity contribution in [1.82, 2.24) is 4.98 Å². The van der Waals surface area contributed by atoms with Crippen molar-refractivity contribution >= 4 is 5.78 Å². The fraction of sp³-hybridized carbons (Fsp3) is 0.333. The molecular formula is C9H8FNO. The SMILES string of the molecule is O=C(c1ncccc1F)C1CC1. The summed E-state index contributed by atoms with van der Waals surface area (Å²) in [6.07, 6.45) is 3.21. The Morgan fingerprint density at radius 3 is 2.92 bits per heavy atom.